The average molecular weight is 241 g/mol. The van der Waals surface area contributed by atoms with Crippen molar-refractivity contribution >= 4 is 17.8 Å². The Balaban J connectivity index is 1.97. The largest absolute Gasteiger partial charge is 0.337 e. The van der Waals surface area contributed by atoms with Gasteiger partial charge < -0.3 is 5.32 Å². The first kappa shape index (κ1) is 13.1. The summed E-state index contributed by atoms with van der Waals surface area (Å²) in [5.41, 5.74) is 0. The Labute approximate surface area is 101 Å². The van der Waals surface area contributed by atoms with Gasteiger partial charge >= 0.3 is 6.03 Å². The quantitative estimate of drug-likeness (QED) is 0.745. The van der Waals surface area contributed by atoms with E-state index in [0.29, 0.717) is 0 Å². The van der Waals surface area contributed by atoms with Crippen molar-refractivity contribution in [2.45, 2.75) is 25.7 Å². The number of rotatable bonds is 7. The normalized spacial score (nSPS) is 10.3. The molecule has 90 valence electrons. The van der Waals surface area contributed by atoms with Gasteiger partial charge in [-0.2, -0.15) is 11.8 Å². The molecule has 0 spiro atoms. The molecular weight excluding hydrogens is 222 g/mol. The van der Waals surface area contributed by atoms with Crippen LogP contribution in [0, 0.1) is 0 Å². The first-order chi connectivity index (χ1) is 7.84. The number of unbranched alkanes of at least 4 members (excludes halogenated alkanes) is 3. The number of nitrogens with zero attached hydrogens (tertiary/aromatic N) is 2. The van der Waals surface area contributed by atoms with Crippen molar-refractivity contribution in [3.05, 3.63) is 18.7 Å². The van der Waals surface area contributed by atoms with Crippen molar-refractivity contribution in [3.8, 4) is 0 Å². The number of hydrogen-bond acceptors (Lipinski definition) is 3. The van der Waals surface area contributed by atoms with Crippen LogP contribution in [0.15, 0.2) is 18.7 Å². The lowest BCUT2D eigenvalue weighted by molar-refractivity contribution is 0.242. The lowest BCUT2D eigenvalue weighted by Gasteiger charge is -2.04. The minimum absolute atomic E-state index is 0.0957. The third-order valence-corrected chi connectivity index (χ3v) is 2.99. The van der Waals surface area contributed by atoms with Crippen molar-refractivity contribution in [2.24, 2.45) is 0 Å². The molecular formula is C11H19N3OS. The highest BCUT2D eigenvalue weighted by molar-refractivity contribution is 7.98. The summed E-state index contributed by atoms with van der Waals surface area (Å²) in [5, 5.41) is 2.85. The molecule has 1 N–H and O–H groups in total. The number of imidazole rings is 1. The van der Waals surface area contributed by atoms with Gasteiger partial charge in [0.15, 0.2) is 0 Å². The molecule has 1 heterocycles. The first-order valence-corrected chi connectivity index (χ1v) is 6.99. The third kappa shape index (κ3) is 5.21. The summed E-state index contributed by atoms with van der Waals surface area (Å²) >= 11 is 1.89. The highest BCUT2D eigenvalue weighted by atomic mass is 32.2. The predicted molar refractivity (Wildman–Crippen MR) is 67.9 cm³/mol. The van der Waals surface area contributed by atoms with Gasteiger partial charge in [-0.05, 0) is 24.9 Å². The summed E-state index contributed by atoms with van der Waals surface area (Å²) < 4.78 is 1.45. The maximum atomic E-state index is 11.4. The number of thioether (sulfide) groups is 1. The van der Waals surface area contributed by atoms with E-state index in [9.17, 15) is 4.79 Å². The fourth-order valence-corrected chi connectivity index (χ4v) is 1.88. The maximum absolute atomic E-state index is 11.4. The third-order valence-electron chi connectivity index (χ3n) is 2.29. The summed E-state index contributed by atoms with van der Waals surface area (Å²) in [5.74, 6) is 1.24. The molecule has 4 nitrogen and oxygen atoms in total. The van der Waals surface area contributed by atoms with E-state index in [0.717, 1.165) is 13.0 Å². The number of nitrogens with one attached hydrogen (secondary N) is 1. The van der Waals surface area contributed by atoms with Crippen molar-refractivity contribution < 1.29 is 4.79 Å². The topological polar surface area (TPSA) is 46.9 Å². The number of carbonyl (C=O) groups is 1. The van der Waals surface area contributed by atoms with Crippen LogP contribution in [0.25, 0.3) is 0 Å². The van der Waals surface area contributed by atoms with Crippen LogP contribution in [-0.2, 0) is 0 Å². The van der Waals surface area contributed by atoms with Gasteiger partial charge in [0.25, 0.3) is 0 Å². The fraction of sp³-hybridized carbons (Fsp3) is 0.636. The Morgan fingerprint density at radius 2 is 2.19 bits per heavy atom. The molecule has 0 saturated heterocycles. The Morgan fingerprint density at radius 3 is 2.88 bits per heavy atom. The summed E-state index contributed by atoms with van der Waals surface area (Å²) in [4.78, 5) is 15.3. The minimum Gasteiger partial charge on any atom is -0.337 e. The molecule has 0 aliphatic carbocycles. The van der Waals surface area contributed by atoms with Crippen LogP contribution in [0.1, 0.15) is 25.7 Å². The Morgan fingerprint density at radius 1 is 1.38 bits per heavy atom. The predicted octanol–water partition coefficient (Wildman–Crippen LogP) is 2.36. The highest BCUT2D eigenvalue weighted by Crippen LogP contribution is 2.03. The number of hydrogen-bond donors (Lipinski definition) is 1. The molecule has 0 aliphatic heterocycles. The second-order valence-electron chi connectivity index (χ2n) is 3.61. The van der Waals surface area contributed by atoms with E-state index in [1.807, 2.05) is 11.8 Å². The number of aromatic nitrogens is 2. The van der Waals surface area contributed by atoms with Crippen molar-refractivity contribution in [1.29, 1.82) is 0 Å². The monoisotopic (exact) mass is 241 g/mol. The molecule has 1 aromatic heterocycles. The Hall–Kier alpha value is -0.970. The lowest BCUT2D eigenvalue weighted by atomic mass is 10.2. The molecule has 1 amide bonds. The van der Waals surface area contributed by atoms with Crippen molar-refractivity contribution in [2.75, 3.05) is 18.6 Å². The van der Waals surface area contributed by atoms with Gasteiger partial charge in [-0.15, -0.1) is 0 Å². The fourth-order valence-electron chi connectivity index (χ4n) is 1.39. The average Bonchev–Trinajstić information content (AvgIpc) is 2.81. The molecule has 0 saturated carbocycles. The second-order valence-corrected chi connectivity index (χ2v) is 4.59. The smallest absolute Gasteiger partial charge is 0.326 e. The van der Waals surface area contributed by atoms with E-state index >= 15 is 0 Å². The SMILES string of the molecule is CSCCCCCCNC(=O)n1ccnc1. The van der Waals surface area contributed by atoms with E-state index < -0.39 is 0 Å². The number of amides is 1. The van der Waals surface area contributed by atoms with E-state index in [1.165, 1.54) is 35.9 Å². The zero-order valence-corrected chi connectivity index (χ0v) is 10.5. The molecule has 0 aromatic carbocycles. The zero-order valence-electron chi connectivity index (χ0n) is 9.69. The van der Waals surface area contributed by atoms with E-state index in [4.69, 9.17) is 0 Å². The molecule has 1 aromatic rings. The molecule has 0 bridgehead atoms. The molecule has 0 unspecified atom stereocenters. The van der Waals surface area contributed by atoms with Crippen molar-refractivity contribution in [1.82, 2.24) is 14.9 Å². The lowest BCUT2D eigenvalue weighted by Crippen LogP contribution is -2.28. The summed E-state index contributed by atoms with van der Waals surface area (Å²) in [7, 11) is 0. The Kier molecular flexibility index (Phi) is 6.72. The van der Waals surface area contributed by atoms with Crippen LogP contribution in [-0.4, -0.2) is 34.1 Å². The van der Waals surface area contributed by atoms with Crippen molar-refractivity contribution in [3.63, 3.8) is 0 Å². The van der Waals surface area contributed by atoms with Crippen LogP contribution >= 0.6 is 11.8 Å². The minimum atomic E-state index is -0.0957. The second kappa shape index (κ2) is 8.21. The molecule has 5 heteroatoms. The van der Waals surface area contributed by atoms with E-state index in [-0.39, 0.29) is 6.03 Å². The number of carbonyl (C=O) groups excluding carboxylic acids is 1. The van der Waals surface area contributed by atoms with Gasteiger partial charge in [-0.25, -0.2) is 9.78 Å². The van der Waals surface area contributed by atoms with Crippen LogP contribution in [0.5, 0.6) is 0 Å². The summed E-state index contributed by atoms with van der Waals surface area (Å²) in [6, 6.07) is -0.0957. The van der Waals surface area contributed by atoms with Gasteiger partial charge in [-0.1, -0.05) is 12.8 Å². The highest BCUT2D eigenvalue weighted by Gasteiger charge is 2.00. The Bertz CT molecular complexity index is 287. The summed E-state index contributed by atoms with van der Waals surface area (Å²) in [6.45, 7) is 0.746. The van der Waals surface area contributed by atoms with Gasteiger partial charge in [0.2, 0.25) is 0 Å². The van der Waals surface area contributed by atoms with Crippen LogP contribution in [0.3, 0.4) is 0 Å². The first-order valence-electron chi connectivity index (χ1n) is 5.59. The zero-order chi connectivity index (χ0) is 11.6. The molecule has 0 radical (unpaired) electrons. The van der Waals surface area contributed by atoms with Crippen LogP contribution in [0.4, 0.5) is 4.79 Å². The molecule has 0 atom stereocenters. The van der Waals surface area contributed by atoms with Crippen LogP contribution in [0.2, 0.25) is 0 Å². The van der Waals surface area contributed by atoms with E-state index in [1.54, 1.807) is 12.4 Å². The molecule has 16 heavy (non-hydrogen) atoms. The van der Waals surface area contributed by atoms with Gasteiger partial charge in [0, 0.05) is 18.9 Å². The standard InChI is InChI=1S/C11H19N3OS/c1-16-9-5-3-2-4-6-13-11(15)14-8-7-12-10-14/h7-8,10H,2-6,9H2,1H3,(H,13,15). The van der Waals surface area contributed by atoms with Gasteiger partial charge in [0.1, 0.15) is 6.33 Å². The van der Waals surface area contributed by atoms with Crippen LogP contribution < -0.4 is 5.32 Å². The maximum Gasteiger partial charge on any atom is 0.326 e. The van der Waals surface area contributed by atoms with E-state index in [2.05, 4.69) is 16.6 Å². The molecule has 0 fully saturated rings. The molecule has 1 rings (SSSR count). The molecule has 0 aliphatic rings. The van der Waals surface area contributed by atoms with Gasteiger partial charge in [-0.3, -0.25) is 4.57 Å². The summed E-state index contributed by atoms with van der Waals surface area (Å²) in [6.07, 6.45) is 11.6. The van der Waals surface area contributed by atoms with Gasteiger partial charge in [0.05, 0.1) is 0 Å².